The van der Waals surface area contributed by atoms with Gasteiger partial charge in [-0.2, -0.15) is 0 Å². The number of nitrogens with one attached hydrogen (secondary N) is 1. The van der Waals surface area contributed by atoms with E-state index in [1.54, 1.807) is 6.07 Å². The van der Waals surface area contributed by atoms with Crippen molar-refractivity contribution in [1.82, 2.24) is 15.2 Å². The highest BCUT2D eigenvalue weighted by Gasteiger charge is 2.16. The number of aryl methyl sites for hydroxylation is 1. The molecule has 0 aliphatic carbocycles. The van der Waals surface area contributed by atoms with Crippen LogP contribution in [0, 0.1) is 12.8 Å². The molecule has 0 bridgehead atoms. The molecule has 1 aliphatic rings. The van der Waals surface area contributed by atoms with Gasteiger partial charge in [-0.05, 0) is 69.0 Å². The average Bonchev–Trinajstić information content (AvgIpc) is 3.06. The number of amides is 1. The number of carbonyl (C=O) groups is 1. The first-order valence-corrected chi connectivity index (χ1v) is 9.90. The number of fused-ring (bicyclic) bond motifs is 2. The Hall–Kier alpha value is -2.40. The number of carbonyl (C=O) groups excluding carboxylic acids is 1. The molecule has 5 heteroatoms. The van der Waals surface area contributed by atoms with Gasteiger partial charge < -0.3 is 14.6 Å². The average molecular weight is 365 g/mol. The SMILES string of the molecule is Cc1ccc2cc3cc(C(=O)NCCCN4CCC[C@H](C)C4)oc3nc2c1. The molecule has 1 N–H and O–H groups in total. The number of aromatic nitrogens is 1. The maximum atomic E-state index is 12.4. The second kappa shape index (κ2) is 7.69. The van der Waals surface area contributed by atoms with Crippen LogP contribution < -0.4 is 5.32 Å². The molecule has 0 radical (unpaired) electrons. The third-order valence-corrected chi connectivity index (χ3v) is 5.36. The Morgan fingerprint density at radius 2 is 2.19 bits per heavy atom. The highest BCUT2D eigenvalue weighted by Crippen LogP contribution is 2.23. The van der Waals surface area contributed by atoms with E-state index >= 15 is 0 Å². The highest BCUT2D eigenvalue weighted by atomic mass is 16.4. The number of furan rings is 1. The van der Waals surface area contributed by atoms with Gasteiger partial charge in [0.2, 0.25) is 5.71 Å². The predicted molar refractivity (Wildman–Crippen MR) is 108 cm³/mol. The van der Waals surface area contributed by atoms with Gasteiger partial charge in [-0.3, -0.25) is 4.79 Å². The van der Waals surface area contributed by atoms with E-state index in [1.807, 2.05) is 25.1 Å². The maximum absolute atomic E-state index is 12.4. The second-order valence-electron chi connectivity index (χ2n) is 7.85. The van der Waals surface area contributed by atoms with Crippen LogP contribution in [0.15, 0.2) is 34.7 Å². The molecular formula is C22H27N3O2. The summed E-state index contributed by atoms with van der Waals surface area (Å²) in [6, 6.07) is 9.94. The molecule has 5 nitrogen and oxygen atoms in total. The zero-order valence-corrected chi connectivity index (χ0v) is 16.1. The normalized spacial score (nSPS) is 18.2. The molecular weight excluding hydrogens is 338 g/mol. The van der Waals surface area contributed by atoms with E-state index in [0.717, 1.165) is 40.7 Å². The summed E-state index contributed by atoms with van der Waals surface area (Å²) in [5.74, 6) is 0.951. The van der Waals surface area contributed by atoms with Crippen LogP contribution in [-0.4, -0.2) is 42.0 Å². The van der Waals surface area contributed by atoms with Crippen molar-refractivity contribution in [1.29, 1.82) is 0 Å². The zero-order valence-electron chi connectivity index (χ0n) is 16.1. The van der Waals surface area contributed by atoms with E-state index in [-0.39, 0.29) is 5.91 Å². The van der Waals surface area contributed by atoms with Gasteiger partial charge in [-0.15, -0.1) is 0 Å². The lowest BCUT2D eigenvalue weighted by molar-refractivity contribution is 0.0924. The second-order valence-corrected chi connectivity index (χ2v) is 7.85. The van der Waals surface area contributed by atoms with Crippen molar-refractivity contribution in [3.8, 4) is 0 Å². The minimum atomic E-state index is -0.166. The summed E-state index contributed by atoms with van der Waals surface area (Å²) < 4.78 is 5.71. The molecule has 0 unspecified atom stereocenters. The molecule has 1 fully saturated rings. The lowest BCUT2D eigenvalue weighted by Gasteiger charge is -2.30. The van der Waals surface area contributed by atoms with Crippen molar-refractivity contribution in [2.75, 3.05) is 26.2 Å². The number of piperidine rings is 1. The van der Waals surface area contributed by atoms with E-state index in [0.29, 0.717) is 18.0 Å². The van der Waals surface area contributed by atoms with Crippen molar-refractivity contribution in [2.24, 2.45) is 5.92 Å². The van der Waals surface area contributed by atoms with Crippen LogP contribution in [-0.2, 0) is 0 Å². The van der Waals surface area contributed by atoms with E-state index in [2.05, 4.69) is 28.2 Å². The summed E-state index contributed by atoms with van der Waals surface area (Å²) >= 11 is 0. The Labute approximate surface area is 159 Å². The lowest BCUT2D eigenvalue weighted by atomic mass is 10.0. The van der Waals surface area contributed by atoms with Crippen LogP contribution in [0.5, 0.6) is 0 Å². The monoisotopic (exact) mass is 365 g/mol. The van der Waals surface area contributed by atoms with Crippen LogP contribution >= 0.6 is 0 Å². The van der Waals surface area contributed by atoms with Gasteiger partial charge in [-0.25, -0.2) is 4.98 Å². The fraction of sp³-hybridized carbons (Fsp3) is 0.455. The molecule has 1 atom stereocenters. The first kappa shape index (κ1) is 18.0. The van der Waals surface area contributed by atoms with Crippen molar-refractivity contribution in [2.45, 2.75) is 33.1 Å². The van der Waals surface area contributed by atoms with E-state index in [4.69, 9.17) is 4.42 Å². The van der Waals surface area contributed by atoms with Gasteiger partial charge in [-0.1, -0.05) is 19.1 Å². The Bertz CT molecular complexity index is 963. The minimum absolute atomic E-state index is 0.166. The topological polar surface area (TPSA) is 58.4 Å². The van der Waals surface area contributed by atoms with Crippen molar-refractivity contribution < 1.29 is 9.21 Å². The quantitative estimate of drug-likeness (QED) is 0.690. The van der Waals surface area contributed by atoms with E-state index < -0.39 is 0 Å². The van der Waals surface area contributed by atoms with Crippen LogP contribution in [0.3, 0.4) is 0 Å². The number of pyridine rings is 1. The first-order chi connectivity index (χ1) is 13.1. The number of rotatable bonds is 5. The highest BCUT2D eigenvalue weighted by molar-refractivity contribution is 5.98. The first-order valence-electron chi connectivity index (χ1n) is 9.90. The molecule has 27 heavy (non-hydrogen) atoms. The molecule has 3 aromatic rings. The summed E-state index contributed by atoms with van der Waals surface area (Å²) in [6.07, 6.45) is 3.58. The molecule has 1 aliphatic heterocycles. The third kappa shape index (κ3) is 4.14. The van der Waals surface area contributed by atoms with Gasteiger partial charge in [0, 0.05) is 23.9 Å². The molecule has 2 aromatic heterocycles. The zero-order chi connectivity index (χ0) is 18.8. The summed E-state index contributed by atoms with van der Waals surface area (Å²) in [5.41, 5.74) is 2.56. The number of hydrogen-bond donors (Lipinski definition) is 1. The number of likely N-dealkylation sites (tertiary alicyclic amines) is 1. The molecule has 142 valence electrons. The smallest absolute Gasteiger partial charge is 0.287 e. The van der Waals surface area contributed by atoms with Crippen LogP contribution in [0.25, 0.3) is 22.0 Å². The fourth-order valence-electron chi connectivity index (χ4n) is 3.93. The summed E-state index contributed by atoms with van der Waals surface area (Å²) in [5, 5.41) is 4.89. The fourth-order valence-corrected chi connectivity index (χ4v) is 3.93. The molecule has 0 spiro atoms. The molecule has 0 saturated carbocycles. The Balaban J connectivity index is 1.37. The molecule has 4 rings (SSSR count). The Kier molecular flexibility index (Phi) is 5.12. The standard InChI is InChI=1S/C22H27N3O2/c1-15-6-7-17-12-18-13-20(27-22(18)24-19(17)11-15)21(26)23-8-4-10-25-9-3-5-16(2)14-25/h6-7,11-13,16H,3-5,8-10,14H2,1-2H3,(H,23,26)/t16-/m0/s1. The van der Waals surface area contributed by atoms with Gasteiger partial charge in [0.25, 0.3) is 5.91 Å². The third-order valence-electron chi connectivity index (χ3n) is 5.36. The summed E-state index contributed by atoms with van der Waals surface area (Å²) in [7, 11) is 0. The number of benzene rings is 1. The van der Waals surface area contributed by atoms with Gasteiger partial charge in [0.1, 0.15) is 0 Å². The number of nitrogens with zero attached hydrogens (tertiary/aromatic N) is 2. The van der Waals surface area contributed by atoms with Gasteiger partial charge in [0.05, 0.1) is 5.52 Å². The molecule has 1 aromatic carbocycles. The van der Waals surface area contributed by atoms with E-state index in [9.17, 15) is 4.79 Å². The minimum Gasteiger partial charge on any atom is -0.433 e. The number of hydrogen-bond acceptors (Lipinski definition) is 4. The maximum Gasteiger partial charge on any atom is 0.287 e. The molecule has 1 saturated heterocycles. The van der Waals surface area contributed by atoms with Gasteiger partial charge >= 0.3 is 0 Å². The lowest BCUT2D eigenvalue weighted by Crippen LogP contribution is -2.36. The van der Waals surface area contributed by atoms with Gasteiger partial charge in [0.15, 0.2) is 5.76 Å². The largest absolute Gasteiger partial charge is 0.433 e. The van der Waals surface area contributed by atoms with E-state index in [1.165, 1.54) is 25.9 Å². The molecule has 3 heterocycles. The van der Waals surface area contributed by atoms with Crippen molar-refractivity contribution >= 4 is 27.9 Å². The predicted octanol–water partition coefficient (Wildman–Crippen LogP) is 4.14. The molecule has 1 amide bonds. The van der Waals surface area contributed by atoms with Crippen LogP contribution in [0.4, 0.5) is 0 Å². The van der Waals surface area contributed by atoms with Crippen molar-refractivity contribution in [3.63, 3.8) is 0 Å². The Morgan fingerprint density at radius 1 is 1.30 bits per heavy atom. The Morgan fingerprint density at radius 3 is 3.04 bits per heavy atom. The summed E-state index contributed by atoms with van der Waals surface area (Å²) in [6.45, 7) is 8.41. The van der Waals surface area contributed by atoms with Crippen LogP contribution in [0.1, 0.15) is 42.3 Å². The van der Waals surface area contributed by atoms with Crippen LogP contribution in [0.2, 0.25) is 0 Å². The van der Waals surface area contributed by atoms with Crippen molar-refractivity contribution in [3.05, 3.63) is 41.7 Å². The summed E-state index contributed by atoms with van der Waals surface area (Å²) in [4.78, 5) is 19.5.